The number of hydrogen-bond donors (Lipinski definition) is 2. The van der Waals surface area contributed by atoms with E-state index in [2.05, 4.69) is 26.8 Å². The molecule has 7 nitrogen and oxygen atoms in total. The van der Waals surface area contributed by atoms with Gasteiger partial charge in [0.25, 0.3) is 0 Å². The number of rotatable bonds is 4. The van der Waals surface area contributed by atoms with Crippen LogP contribution in [-0.4, -0.2) is 20.8 Å². The third-order valence-electron chi connectivity index (χ3n) is 4.59. The Morgan fingerprint density at radius 3 is 2.59 bits per heavy atom. The van der Waals surface area contributed by atoms with Gasteiger partial charge in [-0.15, -0.1) is 0 Å². The second-order valence-corrected chi connectivity index (χ2v) is 6.54. The van der Waals surface area contributed by atoms with Crippen LogP contribution in [0.3, 0.4) is 0 Å². The smallest absolute Gasteiger partial charge is 0.319 e. The van der Waals surface area contributed by atoms with Gasteiger partial charge in [-0.05, 0) is 55.0 Å². The van der Waals surface area contributed by atoms with Crippen molar-refractivity contribution in [3.63, 3.8) is 0 Å². The molecule has 0 aliphatic carbocycles. The quantitative estimate of drug-likeness (QED) is 0.553. The van der Waals surface area contributed by atoms with Crippen molar-refractivity contribution in [2.24, 2.45) is 0 Å². The number of carbonyl (C=O) groups excluding carboxylic acids is 1. The van der Waals surface area contributed by atoms with Crippen LogP contribution in [0.2, 0.25) is 0 Å². The van der Waals surface area contributed by atoms with Crippen molar-refractivity contribution in [1.29, 1.82) is 5.26 Å². The standard InChI is InChI=1S/C22H18N6O/c1-15(16-9-11-24-12-10-16)25-22(29)26-17-7-8-19-20(13-17)27-28(21(19)14-23)18-5-3-2-4-6-18/h2-13,15H,1H3,(H2,25,26,29). The van der Waals surface area contributed by atoms with Gasteiger partial charge in [0.15, 0.2) is 5.69 Å². The van der Waals surface area contributed by atoms with E-state index in [4.69, 9.17) is 0 Å². The van der Waals surface area contributed by atoms with Crippen LogP contribution in [-0.2, 0) is 0 Å². The van der Waals surface area contributed by atoms with Crippen LogP contribution in [0.1, 0.15) is 24.2 Å². The molecule has 4 aromatic rings. The van der Waals surface area contributed by atoms with Gasteiger partial charge >= 0.3 is 6.03 Å². The number of nitrogens with one attached hydrogen (secondary N) is 2. The molecular formula is C22H18N6O. The molecule has 142 valence electrons. The third-order valence-corrected chi connectivity index (χ3v) is 4.59. The van der Waals surface area contributed by atoms with E-state index in [1.807, 2.05) is 49.4 Å². The van der Waals surface area contributed by atoms with Crippen molar-refractivity contribution in [3.8, 4) is 11.8 Å². The SMILES string of the molecule is CC(NC(=O)Nc1ccc2c(C#N)n(-c3ccccc3)nc2c1)c1ccncc1. The summed E-state index contributed by atoms with van der Waals surface area (Å²) in [5.41, 5.74) is 3.45. The lowest BCUT2D eigenvalue weighted by molar-refractivity contribution is 0.249. The van der Waals surface area contributed by atoms with E-state index < -0.39 is 0 Å². The van der Waals surface area contributed by atoms with Crippen LogP contribution in [0, 0.1) is 11.3 Å². The molecule has 2 amide bonds. The maximum Gasteiger partial charge on any atom is 0.319 e. The van der Waals surface area contributed by atoms with Gasteiger partial charge in [-0.3, -0.25) is 4.98 Å². The number of pyridine rings is 1. The van der Waals surface area contributed by atoms with Crippen LogP contribution in [0.25, 0.3) is 16.6 Å². The fourth-order valence-corrected chi connectivity index (χ4v) is 3.13. The molecular weight excluding hydrogens is 364 g/mol. The lowest BCUT2D eigenvalue weighted by atomic mass is 10.1. The summed E-state index contributed by atoms with van der Waals surface area (Å²) in [4.78, 5) is 16.3. The van der Waals surface area contributed by atoms with Crippen LogP contribution in [0.15, 0.2) is 73.1 Å². The largest absolute Gasteiger partial charge is 0.331 e. The molecule has 1 unspecified atom stereocenters. The first kappa shape index (κ1) is 18.2. The van der Waals surface area contributed by atoms with E-state index in [0.717, 1.165) is 16.6 Å². The van der Waals surface area contributed by atoms with Gasteiger partial charge in [-0.25, -0.2) is 9.48 Å². The lowest BCUT2D eigenvalue weighted by Crippen LogP contribution is -2.31. The van der Waals surface area contributed by atoms with Crippen molar-refractivity contribution in [1.82, 2.24) is 20.1 Å². The second kappa shape index (κ2) is 7.82. The predicted octanol–water partition coefficient (Wildman–Crippen LogP) is 4.17. The molecule has 7 heteroatoms. The van der Waals surface area contributed by atoms with E-state index in [-0.39, 0.29) is 12.1 Å². The van der Waals surface area contributed by atoms with Gasteiger partial charge < -0.3 is 10.6 Å². The number of amides is 2. The summed E-state index contributed by atoms with van der Waals surface area (Å²) >= 11 is 0. The molecule has 2 heterocycles. The Morgan fingerprint density at radius 2 is 1.86 bits per heavy atom. The van der Waals surface area contributed by atoms with Gasteiger partial charge in [0, 0.05) is 23.5 Å². The number of aromatic nitrogens is 3. The average molecular weight is 382 g/mol. The van der Waals surface area contributed by atoms with Gasteiger partial charge in [0.2, 0.25) is 0 Å². The van der Waals surface area contributed by atoms with Crippen LogP contribution < -0.4 is 10.6 Å². The molecule has 0 radical (unpaired) electrons. The van der Waals surface area contributed by atoms with Crippen molar-refractivity contribution in [2.75, 3.05) is 5.32 Å². The minimum absolute atomic E-state index is 0.163. The molecule has 0 saturated carbocycles. The zero-order chi connectivity index (χ0) is 20.2. The Hall–Kier alpha value is -4.18. The molecule has 1 atom stereocenters. The van der Waals surface area contributed by atoms with E-state index in [0.29, 0.717) is 16.9 Å². The summed E-state index contributed by atoms with van der Waals surface area (Å²) in [6.07, 6.45) is 3.38. The summed E-state index contributed by atoms with van der Waals surface area (Å²) in [7, 11) is 0. The predicted molar refractivity (Wildman–Crippen MR) is 111 cm³/mol. The Bertz CT molecular complexity index is 1190. The molecule has 0 saturated heterocycles. The van der Waals surface area contributed by atoms with Gasteiger partial charge in [0.05, 0.1) is 17.2 Å². The Kier molecular flexibility index (Phi) is 4.91. The molecule has 2 N–H and O–H groups in total. The van der Waals surface area contributed by atoms with Crippen molar-refractivity contribution in [3.05, 3.63) is 84.3 Å². The molecule has 4 rings (SSSR count). The number of urea groups is 1. The zero-order valence-corrected chi connectivity index (χ0v) is 15.7. The van der Waals surface area contributed by atoms with Crippen LogP contribution in [0.4, 0.5) is 10.5 Å². The van der Waals surface area contributed by atoms with Crippen molar-refractivity contribution >= 4 is 22.6 Å². The lowest BCUT2D eigenvalue weighted by Gasteiger charge is -2.14. The fourth-order valence-electron chi connectivity index (χ4n) is 3.13. The van der Waals surface area contributed by atoms with Gasteiger partial charge in [0.1, 0.15) is 6.07 Å². The summed E-state index contributed by atoms with van der Waals surface area (Å²) in [6.45, 7) is 1.90. The van der Waals surface area contributed by atoms with Gasteiger partial charge in [-0.1, -0.05) is 18.2 Å². The van der Waals surface area contributed by atoms with E-state index in [1.165, 1.54) is 0 Å². The summed E-state index contributed by atoms with van der Waals surface area (Å²) in [5, 5.41) is 20.6. The van der Waals surface area contributed by atoms with Gasteiger partial charge in [-0.2, -0.15) is 10.4 Å². The molecule has 0 aliphatic heterocycles. The molecule has 0 bridgehead atoms. The normalized spacial score (nSPS) is 11.6. The van der Waals surface area contributed by atoms with E-state index in [9.17, 15) is 10.1 Å². The summed E-state index contributed by atoms with van der Waals surface area (Å²) in [6, 6.07) is 20.2. The van der Waals surface area contributed by atoms with Crippen LogP contribution in [0.5, 0.6) is 0 Å². The minimum Gasteiger partial charge on any atom is -0.331 e. The van der Waals surface area contributed by atoms with Crippen molar-refractivity contribution in [2.45, 2.75) is 13.0 Å². The highest BCUT2D eigenvalue weighted by atomic mass is 16.2. The molecule has 2 aromatic heterocycles. The monoisotopic (exact) mass is 382 g/mol. The maximum atomic E-state index is 12.4. The van der Waals surface area contributed by atoms with E-state index in [1.54, 1.807) is 35.3 Å². The first-order valence-corrected chi connectivity index (χ1v) is 9.11. The number of fused-ring (bicyclic) bond motifs is 1. The number of anilines is 1. The number of benzene rings is 2. The zero-order valence-electron chi connectivity index (χ0n) is 15.7. The summed E-state index contributed by atoms with van der Waals surface area (Å²) in [5.74, 6) is 0. The highest BCUT2D eigenvalue weighted by molar-refractivity contribution is 5.94. The number of para-hydroxylation sites is 1. The Morgan fingerprint density at radius 1 is 1.10 bits per heavy atom. The third kappa shape index (κ3) is 3.77. The highest BCUT2D eigenvalue weighted by Gasteiger charge is 2.14. The molecule has 29 heavy (non-hydrogen) atoms. The first-order valence-electron chi connectivity index (χ1n) is 9.11. The van der Waals surface area contributed by atoms with Crippen LogP contribution >= 0.6 is 0 Å². The first-order chi connectivity index (χ1) is 14.2. The number of nitrogens with zero attached hydrogens (tertiary/aromatic N) is 4. The fraction of sp³-hybridized carbons (Fsp3) is 0.0909. The minimum atomic E-state index is -0.323. The topological polar surface area (TPSA) is 95.6 Å². The molecule has 0 fully saturated rings. The second-order valence-electron chi connectivity index (χ2n) is 6.54. The van der Waals surface area contributed by atoms with E-state index >= 15 is 0 Å². The Labute approximate surface area is 167 Å². The molecule has 0 spiro atoms. The highest BCUT2D eigenvalue weighted by Crippen LogP contribution is 2.24. The Balaban J connectivity index is 1.56. The average Bonchev–Trinajstić information content (AvgIpc) is 3.12. The summed E-state index contributed by atoms with van der Waals surface area (Å²) < 4.78 is 1.61. The maximum absolute atomic E-state index is 12.4. The molecule has 2 aromatic carbocycles. The molecule has 0 aliphatic rings. The number of nitriles is 1. The van der Waals surface area contributed by atoms with Crippen molar-refractivity contribution < 1.29 is 4.79 Å². The number of carbonyl (C=O) groups is 1. The number of hydrogen-bond acceptors (Lipinski definition) is 4.